The molecule has 1 N–H and O–H groups in total. The molecular weight excluding hydrogens is 298 g/mol. The van der Waals surface area contributed by atoms with Crippen molar-refractivity contribution in [2.24, 2.45) is 0 Å². The van der Waals surface area contributed by atoms with Gasteiger partial charge in [0.05, 0.1) is 0 Å². The number of hydrogen-bond donors (Lipinski definition) is 1. The molecule has 2 amide bonds. The molecule has 0 aliphatic carbocycles. The first-order valence-electron chi connectivity index (χ1n) is 8.48. The van der Waals surface area contributed by atoms with Gasteiger partial charge < -0.3 is 15.1 Å². The van der Waals surface area contributed by atoms with Gasteiger partial charge in [-0.3, -0.25) is 0 Å². The monoisotopic (exact) mass is 323 g/mol. The van der Waals surface area contributed by atoms with Gasteiger partial charge in [0.15, 0.2) is 0 Å². The van der Waals surface area contributed by atoms with E-state index in [0.717, 1.165) is 37.4 Å². The zero-order valence-corrected chi connectivity index (χ0v) is 14.7. The van der Waals surface area contributed by atoms with Crippen LogP contribution in [0.15, 0.2) is 42.5 Å². The molecule has 0 spiro atoms. The van der Waals surface area contributed by atoms with E-state index in [2.05, 4.69) is 54.4 Å². The Kier molecular flexibility index (Phi) is 4.74. The van der Waals surface area contributed by atoms with E-state index in [1.807, 2.05) is 24.0 Å². The molecule has 126 valence electrons. The zero-order chi connectivity index (χ0) is 17.1. The SMILES string of the molecule is Cc1ccc(NC(=O)N2CCN(c3ccccc3C)CC2)c(C)c1. The summed E-state index contributed by atoms with van der Waals surface area (Å²) in [5.41, 5.74) is 5.75. The fourth-order valence-electron chi connectivity index (χ4n) is 3.22. The van der Waals surface area contributed by atoms with Crippen LogP contribution in [0.5, 0.6) is 0 Å². The highest BCUT2D eigenvalue weighted by atomic mass is 16.2. The predicted octanol–water partition coefficient (Wildman–Crippen LogP) is 3.97. The van der Waals surface area contributed by atoms with Crippen molar-refractivity contribution in [3.05, 3.63) is 59.2 Å². The molecule has 1 fully saturated rings. The largest absolute Gasteiger partial charge is 0.368 e. The number of piperazine rings is 1. The van der Waals surface area contributed by atoms with Crippen molar-refractivity contribution in [1.82, 2.24) is 4.90 Å². The van der Waals surface area contributed by atoms with Gasteiger partial charge in [0.1, 0.15) is 0 Å². The van der Waals surface area contributed by atoms with Crippen LogP contribution in [-0.2, 0) is 0 Å². The highest BCUT2D eigenvalue weighted by Gasteiger charge is 2.22. The van der Waals surface area contributed by atoms with Gasteiger partial charge in [-0.25, -0.2) is 4.79 Å². The number of nitrogens with one attached hydrogen (secondary N) is 1. The number of aryl methyl sites for hydroxylation is 3. The first kappa shape index (κ1) is 16.4. The minimum absolute atomic E-state index is 0.00798. The molecule has 4 heteroatoms. The Balaban J connectivity index is 1.60. The number of nitrogens with zero attached hydrogens (tertiary/aromatic N) is 2. The Hall–Kier alpha value is -2.49. The summed E-state index contributed by atoms with van der Waals surface area (Å²) in [6.45, 7) is 9.43. The second kappa shape index (κ2) is 6.95. The zero-order valence-electron chi connectivity index (χ0n) is 14.7. The molecule has 0 aromatic heterocycles. The summed E-state index contributed by atoms with van der Waals surface area (Å²) in [5.74, 6) is 0. The lowest BCUT2D eigenvalue weighted by Crippen LogP contribution is -2.50. The van der Waals surface area contributed by atoms with Crippen molar-refractivity contribution < 1.29 is 4.79 Å². The molecule has 2 aromatic rings. The summed E-state index contributed by atoms with van der Waals surface area (Å²) in [4.78, 5) is 16.8. The summed E-state index contributed by atoms with van der Waals surface area (Å²) < 4.78 is 0. The van der Waals surface area contributed by atoms with E-state index in [-0.39, 0.29) is 6.03 Å². The Morgan fingerprint density at radius 2 is 1.62 bits per heavy atom. The van der Waals surface area contributed by atoms with Gasteiger partial charge in [0, 0.05) is 37.6 Å². The number of carbonyl (C=O) groups excluding carboxylic acids is 1. The fraction of sp³-hybridized carbons (Fsp3) is 0.350. The molecule has 3 rings (SSSR count). The van der Waals surface area contributed by atoms with Crippen LogP contribution in [0.25, 0.3) is 0 Å². The van der Waals surface area contributed by atoms with Gasteiger partial charge in [-0.05, 0) is 44.0 Å². The van der Waals surface area contributed by atoms with Gasteiger partial charge in [-0.15, -0.1) is 0 Å². The van der Waals surface area contributed by atoms with E-state index in [9.17, 15) is 4.79 Å². The standard InChI is InChI=1S/C20H25N3O/c1-15-8-9-18(17(3)14-15)21-20(24)23-12-10-22(11-13-23)19-7-5-4-6-16(19)2/h4-9,14H,10-13H2,1-3H3,(H,21,24). The van der Waals surface area contributed by atoms with Crippen LogP contribution in [0.3, 0.4) is 0 Å². The normalized spacial score (nSPS) is 14.6. The molecule has 0 unspecified atom stereocenters. The van der Waals surface area contributed by atoms with Crippen LogP contribution < -0.4 is 10.2 Å². The number of para-hydroxylation sites is 1. The molecule has 0 bridgehead atoms. The van der Waals surface area contributed by atoms with Crippen LogP contribution in [0.2, 0.25) is 0 Å². The number of anilines is 2. The van der Waals surface area contributed by atoms with E-state index in [0.29, 0.717) is 0 Å². The third-order valence-corrected chi connectivity index (χ3v) is 4.65. The summed E-state index contributed by atoms with van der Waals surface area (Å²) in [7, 11) is 0. The van der Waals surface area contributed by atoms with Crippen molar-refractivity contribution in [2.75, 3.05) is 36.4 Å². The minimum Gasteiger partial charge on any atom is -0.368 e. The quantitative estimate of drug-likeness (QED) is 0.908. The topological polar surface area (TPSA) is 35.6 Å². The molecule has 2 aromatic carbocycles. The molecule has 0 saturated carbocycles. The number of carbonyl (C=O) groups is 1. The summed E-state index contributed by atoms with van der Waals surface area (Å²) in [6.07, 6.45) is 0. The second-order valence-electron chi connectivity index (χ2n) is 6.51. The molecule has 0 radical (unpaired) electrons. The maximum Gasteiger partial charge on any atom is 0.321 e. The first-order chi connectivity index (χ1) is 11.5. The maximum atomic E-state index is 12.5. The molecule has 4 nitrogen and oxygen atoms in total. The molecule has 24 heavy (non-hydrogen) atoms. The van der Waals surface area contributed by atoms with E-state index in [4.69, 9.17) is 0 Å². The highest BCUT2D eigenvalue weighted by Crippen LogP contribution is 2.21. The van der Waals surface area contributed by atoms with Crippen LogP contribution in [-0.4, -0.2) is 37.1 Å². The van der Waals surface area contributed by atoms with E-state index < -0.39 is 0 Å². The molecule has 0 atom stereocenters. The average molecular weight is 323 g/mol. The Morgan fingerprint density at radius 3 is 2.29 bits per heavy atom. The lowest BCUT2D eigenvalue weighted by molar-refractivity contribution is 0.208. The van der Waals surface area contributed by atoms with Gasteiger partial charge in [-0.1, -0.05) is 35.9 Å². The van der Waals surface area contributed by atoms with E-state index in [1.165, 1.54) is 16.8 Å². The van der Waals surface area contributed by atoms with Crippen molar-refractivity contribution >= 4 is 17.4 Å². The number of hydrogen-bond acceptors (Lipinski definition) is 2. The van der Waals surface area contributed by atoms with E-state index >= 15 is 0 Å². The molecule has 1 saturated heterocycles. The summed E-state index contributed by atoms with van der Waals surface area (Å²) in [5, 5.41) is 3.04. The Bertz CT molecular complexity index is 733. The van der Waals surface area contributed by atoms with Crippen LogP contribution in [0.4, 0.5) is 16.2 Å². The number of amides is 2. The van der Waals surface area contributed by atoms with Crippen LogP contribution in [0.1, 0.15) is 16.7 Å². The lowest BCUT2D eigenvalue weighted by atomic mass is 10.1. The second-order valence-corrected chi connectivity index (χ2v) is 6.51. The third kappa shape index (κ3) is 3.53. The van der Waals surface area contributed by atoms with E-state index in [1.54, 1.807) is 0 Å². The van der Waals surface area contributed by atoms with Crippen molar-refractivity contribution in [2.45, 2.75) is 20.8 Å². The van der Waals surface area contributed by atoms with Crippen molar-refractivity contribution in [1.29, 1.82) is 0 Å². The summed E-state index contributed by atoms with van der Waals surface area (Å²) >= 11 is 0. The number of benzene rings is 2. The first-order valence-corrected chi connectivity index (χ1v) is 8.48. The molecular formula is C20H25N3O. The summed E-state index contributed by atoms with van der Waals surface area (Å²) in [6, 6.07) is 14.5. The number of rotatable bonds is 2. The van der Waals surface area contributed by atoms with Crippen LogP contribution in [0, 0.1) is 20.8 Å². The average Bonchev–Trinajstić information content (AvgIpc) is 2.58. The maximum absolute atomic E-state index is 12.5. The molecule has 1 aliphatic rings. The van der Waals surface area contributed by atoms with Crippen molar-refractivity contribution in [3.63, 3.8) is 0 Å². The van der Waals surface area contributed by atoms with Crippen molar-refractivity contribution in [3.8, 4) is 0 Å². The van der Waals surface area contributed by atoms with Gasteiger partial charge in [0.25, 0.3) is 0 Å². The molecule has 1 heterocycles. The third-order valence-electron chi connectivity index (χ3n) is 4.65. The van der Waals surface area contributed by atoms with Gasteiger partial charge >= 0.3 is 6.03 Å². The smallest absolute Gasteiger partial charge is 0.321 e. The minimum atomic E-state index is -0.00798. The number of urea groups is 1. The van der Waals surface area contributed by atoms with Crippen LogP contribution >= 0.6 is 0 Å². The Morgan fingerprint density at radius 1 is 0.917 bits per heavy atom. The lowest BCUT2D eigenvalue weighted by Gasteiger charge is -2.36. The fourth-order valence-corrected chi connectivity index (χ4v) is 3.22. The molecule has 1 aliphatic heterocycles. The highest BCUT2D eigenvalue weighted by molar-refractivity contribution is 5.90. The van der Waals surface area contributed by atoms with Gasteiger partial charge in [-0.2, -0.15) is 0 Å². The Labute approximate surface area is 144 Å². The predicted molar refractivity (Wildman–Crippen MR) is 99.9 cm³/mol. The van der Waals surface area contributed by atoms with Gasteiger partial charge in [0.2, 0.25) is 0 Å².